The zero-order valence-electron chi connectivity index (χ0n) is 7.49. The number of unbranched alkanes of at least 4 members (excludes halogenated alkanes) is 2. The van der Waals surface area contributed by atoms with E-state index >= 15 is 0 Å². The van der Waals surface area contributed by atoms with Crippen LogP contribution in [0.1, 0.15) is 26.2 Å². The first-order valence-electron chi connectivity index (χ1n) is 4.19. The molecular weight excluding hydrogens is 156 g/mol. The highest BCUT2D eigenvalue weighted by atomic mass is 16.7. The van der Waals surface area contributed by atoms with Gasteiger partial charge in [-0.1, -0.05) is 0 Å². The summed E-state index contributed by atoms with van der Waals surface area (Å²) in [6.45, 7) is 2.89. The fourth-order valence-electron chi connectivity index (χ4n) is 0.626. The molecule has 0 radical (unpaired) electrons. The van der Waals surface area contributed by atoms with Crippen LogP contribution in [0.15, 0.2) is 12.3 Å². The Labute approximate surface area is 73.4 Å². The van der Waals surface area contributed by atoms with Crippen molar-refractivity contribution in [1.82, 2.24) is 0 Å². The summed E-state index contributed by atoms with van der Waals surface area (Å²) in [6, 6.07) is 0. The molecule has 0 bridgehead atoms. The zero-order chi connectivity index (χ0) is 9.07. The molecular formula is C9H16O3. The highest BCUT2D eigenvalue weighted by molar-refractivity contribution is 5.48. The summed E-state index contributed by atoms with van der Waals surface area (Å²) in [5, 5.41) is 0. The highest BCUT2D eigenvalue weighted by Gasteiger charge is 1.82. The Kier molecular flexibility index (Phi) is 9.47. The first-order valence-corrected chi connectivity index (χ1v) is 4.19. The van der Waals surface area contributed by atoms with Crippen molar-refractivity contribution >= 4 is 6.29 Å². The van der Waals surface area contributed by atoms with Crippen LogP contribution < -0.4 is 0 Å². The van der Waals surface area contributed by atoms with Gasteiger partial charge in [-0.05, 0) is 25.8 Å². The average Bonchev–Trinajstić information content (AvgIpc) is 2.10. The molecule has 0 aromatic rings. The van der Waals surface area contributed by atoms with Gasteiger partial charge in [0.15, 0.2) is 6.79 Å². The molecule has 3 nitrogen and oxygen atoms in total. The van der Waals surface area contributed by atoms with E-state index in [4.69, 9.17) is 9.47 Å². The maximum atomic E-state index is 9.90. The van der Waals surface area contributed by atoms with Crippen molar-refractivity contribution in [2.24, 2.45) is 0 Å². The van der Waals surface area contributed by atoms with Gasteiger partial charge in [0, 0.05) is 13.0 Å². The lowest BCUT2D eigenvalue weighted by atomic mass is 10.2. The number of carbonyl (C=O) groups excluding carboxylic acids is 1. The molecule has 0 aromatic carbocycles. The van der Waals surface area contributed by atoms with Gasteiger partial charge >= 0.3 is 0 Å². The van der Waals surface area contributed by atoms with Crippen molar-refractivity contribution in [1.29, 1.82) is 0 Å². The molecule has 70 valence electrons. The van der Waals surface area contributed by atoms with E-state index in [-0.39, 0.29) is 0 Å². The summed E-state index contributed by atoms with van der Waals surface area (Å²) < 4.78 is 9.89. The van der Waals surface area contributed by atoms with Gasteiger partial charge in [-0.15, -0.1) is 0 Å². The second-order valence-corrected chi connectivity index (χ2v) is 2.25. The summed E-state index contributed by atoms with van der Waals surface area (Å²) in [6.07, 6.45) is 6.82. The van der Waals surface area contributed by atoms with Crippen molar-refractivity contribution < 1.29 is 14.3 Å². The Morgan fingerprint density at radius 3 is 2.83 bits per heavy atom. The second kappa shape index (κ2) is 10.2. The van der Waals surface area contributed by atoms with Crippen LogP contribution in [0.5, 0.6) is 0 Å². The monoisotopic (exact) mass is 172 g/mol. The second-order valence-electron chi connectivity index (χ2n) is 2.25. The topological polar surface area (TPSA) is 35.5 Å². The van der Waals surface area contributed by atoms with Gasteiger partial charge in [0.2, 0.25) is 0 Å². The third-order valence-corrected chi connectivity index (χ3v) is 1.24. The maximum Gasteiger partial charge on any atom is 0.188 e. The van der Waals surface area contributed by atoms with Gasteiger partial charge in [-0.3, -0.25) is 0 Å². The van der Waals surface area contributed by atoms with E-state index in [1.54, 1.807) is 6.26 Å². The van der Waals surface area contributed by atoms with Crippen molar-refractivity contribution in [3.05, 3.63) is 12.3 Å². The van der Waals surface area contributed by atoms with Gasteiger partial charge in [0.05, 0.1) is 6.26 Å². The Bertz CT molecular complexity index is 121. The molecule has 0 heterocycles. The normalized spacial score (nSPS) is 10.4. The molecule has 0 unspecified atom stereocenters. The van der Waals surface area contributed by atoms with Crippen molar-refractivity contribution in [2.45, 2.75) is 26.2 Å². The molecule has 0 fully saturated rings. The number of carbonyl (C=O) groups is 1. The quantitative estimate of drug-likeness (QED) is 0.243. The Morgan fingerprint density at radius 1 is 1.33 bits per heavy atom. The minimum Gasteiger partial charge on any atom is -0.475 e. The van der Waals surface area contributed by atoms with Crippen molar-refractivity contribution in [3.8, 4) is 0 Å². The maximum absolute atomic E-state index is 9.90. The fraction of sp³-hybridized carbons (Fsp3) is 0.667. The molecule has 12 heavy (non-hydrogen) atoms. The first kappa shape index (κ1) is 11.2. The Hall–Kier alpha value is -0.830. The van der Waals surface area contributed by atoms with E-state index in [2.05, 4.69) is 0 Å². The summed E-state index contributed by atoms with van der Waals surface area (Å²) in [5.41, 5.74) is 0. The van der Waals surface area contributed by atoms with Crippen LogP contribution in [0.25, 0.3) is 0 Å². The Balaban J connectivity index is 2.98. The molecule has 3 heteroatoms. The van der Waals surface area contributed by atoms with Crippen LogP contribution in [0.3, 0.4) is 0 Å². The lowest BCUT2D eigenvalue weighted by molar-refractivity contribution is -0.107. The molecule has 0 saturated carbocycles. The molecule has 0 atom stereocenters. The van der Waals surface area contributed by atoms with Crippen LogP contribution >= 0.6 is 0 Å². The third kappa shape index (κ3) is 9.17. The molecule has 0 amide bonds. The summed E-state index contributed by atoms with van der Waals surface area (Å²) in [5.74, 6) is 0. The minimum absolute atomic E-state index is 0.306. The van der Waals surface area contributed by atoms with E-state index < -0.39 is 0 Å². The van der Waals surface area contributed by atoms with E-state index in [0.717, 1.165) is 19.1 Å². The summed E-state index contributed by atoms with van der Waals surface area (Å²) in [7, 11) is 0. The largest absolute Gasteiger partial charge is 0.475 e. The number of rotatable bonds is 8. The smallest absolute Gasteiger partial charge is 0.188 e. The third-order valence-electron chi connectivity index (χ3n) is 1.24. The molecule has 0 aliphatic rings. The van der Waals surface area contributed by atoms with Crippen LogP contribution in [-0.2, 0) is 14.3 Å². The van der Waals surface area contributed by atoms with Crippen LogP contribution in [0.4, 0.5) is 0 Å². The van der Waals surface area contributed by atoms with Gasteiger partial charge in [0.25, 0.3) is 0 Å². The molecule has 0 aliphatic heterocycles. The lowest BCUT2D eigenvalue weighted by Gasteiger charge is -1.98. The van der Waals surface area contributed by atoms with E-state index in [1.807, 2.05) is 13.0 Å². The van der Waals surface area contributed by atoms with Crippen molar-refractivity contribution in [3.63, 3.8) is 0 Å². The minimum atomic E-state index is 0.306. The number of ether oxygens (including phenoxy) is 2. The lowest BCUT2D eigenvalue weighted by Crippen LogP contribution is -1.93. The molecule has 0 aliphatic carbocycles. The van der Waals surface area contributed by atoms with E-state index in [9.17, 15) is 4.79 Å². The number of hydrogen-bond donors (Lipinski definition) is 0. The average molecular weight is 172 g/mol. The molecule has 0 rings (SSSR count). The van der Waals surface area contributed by atoms with E-state index in [0.29, 0.717) is 19.8 Å². The predicted molar refractivity (Wildman–Crippen MR) is 46.6 cm³/mol. The van der Waals surface area contributed by atoms with Crippen LogP contribution in [-0.4, -0.2) is 19.7 Å². The van der Waals surface area contributed by atoms with Gasteiger partial charge in [-0.25, -0.2) is 0 Å². The molecule has 0 spiro atoms. The van der Waals surface area contributed by atoms with Gasteiger partial charge in [0.1, 0.15) is 6.29 Å². The number of hydrogen-bond acceptors (Lipinski definition) is 3. The standard InChI is InChI=1S/C9H16O3/c1-2-11-9-12-8-6-4-3-5-7-10/h6-8H,2-5,9H2,1H3. The first-order chi connectivity index (χ1) is 5.91. The fourth-order valence-corrected chi connectivity index (χ4v) is 0.626. The summed E-state index contributed by atoms with van der Waals surface area (Å²) >= 11 is 0. The van der Waals surface area contributed by atoms with E-state index in [1.165, 1.54) is 0 Å². The molecule has 0 N–H and O–H groups in total. The molecule has 0 aromatic heterocycles. The van der Waals surface area contributed by atoms with Gasteiger partial charge in [-0.2, -0.15) is 0 Å². The highest BCUT2D eigenvalue weighted by Crippen LogP contribution is 1.93. The SMILES string of the molecule is CCOCOC=CCCCC=O. The predicted octanol–water partition coefficient (Wildman–Crippen LogP) is 1.88. The van der Waals surface area contributed by atoms with Crippen molar-refractivity contribution in [2.75, 3.05) is 13.4 Å². The van der Waals surface area contributed by atoms with Gasteiger partial charge < -0.3 is 14.3 Å². The van der Waals surface area contributed by atoms with Crippen LogP contribution in [0, 0.1) is 0 Å². The number of aldehydes is 1. The summed E-state index contributed by atoms with van der Waals surface area (Å²) in [4.78, 5) is 9.90. The van der Waals surface area contributed by atoms with Crippen LogP contribution in [0.2, 0.25) is 0 Å². The number of allylic oxidation sites excluding steroid dienone is 1. The Morgan fingerprint density at radius 2 is 2.17 bits per heavy atom. The zero-order valence-corrected chi connectivity index (χ0v) is 7.49. The molecule has 0 saturated heterocycles.